The third-order valence-electron chi connectivity index (χ3n) is 4.25. The van der Waals surface area contributed by atoms with E-state index < -0.39 is 16.1 Å². The second-order valence-corrected chi connectivity index (χ2v) is 7.78. The second kappa shape index (κ2) is 6.54. The molecule has 0 bridgehead atoms. The quantitative estimate of drug-likeness (QED) is 0.711. The molecule has 2 amide bonds. The average Bonchev–Trinajstić information content (AvgIpc) is 3.09. The Morgan fingerprint density at radius 2 is 2.15 bits per heavy atom. The number of pyridine rings is 1. The van der Waals surface area contributed by atoms with Crippen LogP contribution in [0.5, 0.6) is 5.88 Å². The molecular formula is C17H17N5O4S. The highest BCUT2D eigenvalue weighted by molar-refractivity contribution is 7.90. The minimum atomic E-state index is -4.13. The van der Waals surface area contributed by atoms with Gasteiger partial charge in [0.05, 0.1) is 24.0 Å². The van der Waals surface area contributed by atoms with Gasteiger partial charge in [-0.15, -0.1) is 0 Å². The molecule has 4 rings (SSSR count). The lowest BCUT2D eigenvalue weighted by Crippen LogP contribution is -2.35. The zero-order valence-electron chi connectivity index (χ0n) is 14.5. The molecule has 1 aliphatic rings. The molecule has 0 saturated heterocycles. The summed E-state index contributed by atoms with van der Waals surface area (Å²) in [5.74, 6) is 0.143. The van der Waals surface area contributed by atoms with Crippen LogP contribution in [0.1, 0.15) is 12.0 Å². The number of hydrogen-bond acceptors (Lipinski definition) is 6. The van der Waals surface area contributed by atoms with Crippen LogP contribution < -0.4 is 14.8 Å². The largest absolute Gasteiger partial charge is 0.477 e. The SMILES string of the molecule is Cc1ccc2cccnc2c1NC(=O)NS(=O)(=O)c1cnn2c1OCCC2. The summed E-state index contributed by atoms with van der Waals surface area (Å²) >= 11 is 0. The molecule has 10 heteroatoms. The van der Waals surface area contributed by atoms with Crippen molar-refractivity contribution in [2.45, 2.75) is 24.8 Å². The number of carbonyl (C=O) groups is 1. The van der Waals surface area contributed by atoms with Crippen LogP contribution >= 0.6 is 0 Å². The molecule has 9 nitrogen and oxygen atoms in total. The van der Waals surface area contributed by atoms with Crippen LogP contribution in [0.4, 0.5) is 10.5 Å². The third-order valence-corrected chi connectivity index (χ3v) is 5.56. The molecule has 0 atom stereocenters. The number of hydrogen-bond donors (Lipinski definition) is 2. The van der Waals surface area contributed by atoms with Crippen molar-refractivity contribution in [2.24, 2.45) is 0 Å². The van der Waals surface area contributed by atoms with Crippen LogP contribution in [0, 0.1) is 6.92 Å². The minimum Gasteiger partial charge on any atom is -0.477 e. The van der Waals surface area contributed by atoms with Crippen LogP contribution in [0.25, 0.3) is 10.9 Å². The molecule has 2 N–H and O–H groups in total. The first-order chi connectivity index (χ1) is 13.0. The van der Waals surface area contributed by atoms with Crippen LogP contribution in [-0.4, -0.2) is 35.8 Å². The highest BCUT2D eigenvalue weighted by atomic mass is 32.2. The Morgan fingerprint density at radius 1 is 1.30 bits per heavy atom. The first-order valence-corrected chi connectivity index (χ1v) is 9.81. The van der Waals surface area contributed by atoms with Crippen LogP contribution in [0.2, 0.25) is 0 Å². The van der Waals surface area contributed by atoms with Crippen molar-refractivity contribution >= 4 is 32.6 Å². The summed E-state index contributed by atoms with van der Waals surface area (Å²) in [7, 11) is -4.13. The van der Waals surface area contributed by atoms with Crippen molar-refractivity contribution in [3.8, 4) is 5.88 Å². The first-order valence-electron chi connectivity index (χ1n) is 8.32. The van der Waals surface area contributed by atoms with E-state index in [1.807, 2.05) is 22.9 Å². The molecule has 0 fully saturated rings. The molecule has 0 aliphatic carbocycles. The summed E-state index contributed by atoms with van der Waals surface area (Å²) in [6.07, 6.45) is 3.54. The van der Waals surface area contributed by atoms with Gasteiger partial charge in [0.15, 0.2) is 4.90 Å². The van der Waals surface area contributed by atoms with Crippen molar-refractivity contribution in [3.63, 3.8) is 0 Å². The summed E-state index contributed by atoms with van der Waals surface area (Å²) < 4.78 is 34.1. The summed E-state index contributed by atoms with van der Waals surface area (Å²) in [5.41, 5.74) is 1.80. The molecule has 140 valence electrons. The Balaban J connectivity index is 1.60. The molecule has 1 aromatic carbocycles. The molecule has 1 aliphatic heterocycles. The number of carbonyl (C=O) groups excluding carboxylic acids is 1. The average molecular weight is 387 g/mol. The standard InChI is InChI=1S/C17H17N5O4S/c1-11-5-6-12-4-2-7-18-15(12)14(11)20-17(23)21-27(24,25)13-10-19-22-8-3-9-26-16(13)22/h2,4-7,10H,3,8-9H2,1H3,(H2,20,21,23). The number of aromatic nitrogens is 3. The van der Waals surface area contributed by atoms with E-state index in [9.17, 15) is 13.2 Å². The second-order valence-electron chi connectivity index (χ2n) is 6.13. The molecular weight excluding hydrogens is 370 g/mol. The van der Waals surface area contributed by atoms with Crippen LogP contribution in [0.3, 0.4) is 0 Å². The van der Waals surface area contributed by atoms with Gasteiger partial charge in [-0.2, -0.15) is 5.10 Å². The van der Waals surface area contributed by atoms with Crippen molar-refractivity contribution in [1.82, 2.24) is 19.5 Å². The number of nitrogens with one attached hydrogen (secondary N) is 2. The maximum atomic E-state index is 12.6. The number of nitrogens with zero attached hydrogens (tertiary/aromatic N) is 3. The Bertz CT molecular complexity index is 1140. The molecule has 3 aromatic rings. The number of benzene rings is 1. The number of ether oxygens (including phenoxy) is 1. The molecule has 0 spiro atoms. The number of sulfonamides is 1. The highest BCUT2D eigenvalue weighted by Crippen LogP contribution is 2.27. The zero-order chi connectivity index (χ0) is 19.0. The Kier molecular flexibility index (Phi) is 4.19. The topological polar surface area (TPSA) is 115 Å². The number of anilines is 1. The van der Waals surface area contributed by atoms with E-state index in [0.717, 1.165) is 17.4 Å². The van der Waals surface area contributed by atoms with Gasteiger partial charge in [-0.1, -0.05) is 18.2 Å². The number of urea groups is 1. The molecule has 27 heavy (non-hydrogen) atoms. The maximum Gasteiger partial charge on any atom is 0.333 e. The predicted octanol–water partition coefficient (Wildman–Crippen LogP) is 2.03. The van der Waals surface area contributed by atoms with Gasteiger partial charge in [0.1, 0.15) is 0 Å². The molecule has 0 unspecified atom stereocenters. The van der Waals surface area contributed by atoms with E-state index in [-0.39, 0.29) is 10.8 Å². The van der Waals surface area contributed by atoms with Gasteiger partial charge in [0.2, 0.25) is 5.88 Å². The number of rotatable bonds is 3. The minimum absolute atomic E-state index is 0.143. The fourth-order valence-corrected chi connectivity index (χ4v) is 3.93. The normalized spacial score (nSPS) is 13.7. The summed E-state index contributed by atoms with van der Waals surface area (Å²) in [5, 5.41) is 7.43. The summed E-state index contributed by atoms with van der Waals surface area (Å²) in [4.78, 5) is 16.5. The predicted molar refractivity (Wildman–Crippen MR) is 98.2 cm³/mol. The lowest BCUT2D eigenvalue weighted by atomic mass is 10.1. The Labute approximate surface area is 155 Å². The third kappa shape index (κ3) is 3.19. The van der Waals surface area contributed by atoms with Crippen molar-refractivity contribution < 1.29 is 17.9 Å². The van der Waals surface area contributed by atoms with E-state index in [4.69, 9.17) is 4.74 Å². The van der Waals surface area contributed by atoms with Crippen molar-refractivity contribution in [2.75, 3.05) is 11.9 Å². The monoisotopic (exact) mass is 387 g/mol. The van der Waals surface area contributed by atoms with Crippen molar-refractivity contribution in [3.05, 3.63) is 42.2 Å². The number of amides is 2. The van der Waals surface area contributed by atoms with Gasteiger partial charge >= 0.3 is 6.03 Å². The molecule has 3 heterocycles. The van der Waals surface area contributed by atoms with Gasteiger partial charge in [-0.3, -0.25) is 4.98 Å². The van der Waals surface area contributed by atoms with E-state index >= 15 is 0 Å². The van der Waals surface area contributed by atoms with Crippen LogP contribution in [-0.2, 0) is 16.6 Å². The van der Waals surface area contributed by atoms with E-state index in [1.165, 1.54) is 10.9 Å². The Morgan fingerprint density at radius 3 is 3.00 bits per heavy atom. The number of aryl methyl sites for hydroxylation is 2. The van der Waals surface area contributed by atoms with Crippen LogP contribution in [0.15, 0.2) is 41.6 Å². The highest BCUT2D eigenvalue weighted by Gasteiger charge is 2.28. The molecule has 2 aromatic heterocycles. The van der Waals surface area contributed by atoms with Gasteiger partial charge in [-0.25, -0.2) is 22.6 Å². The zero-order valence-corrected chi connectivity index (χ0v) is 15.3. The summed E-state index contributed by atoms with van der Waals surface area (Å²) in [6.45, 7) is 2.78. The lowest BCUT2D eigenvalue weighted by molar-refractivity contribution is 0.224. The first kappa shape index (κ1) is 17.3. The summed E-state index contributed by atoms with van der Waals surface area (Å²) in [6, 6.07) is 6.48. The Hall–Kier alpha value is -3.14. The van der Waals surface area contributed by atoms with Gasteiger partial charge in [0, 0.05) is 24.5 Å². The van der Waals surface area contributed by atoms with E-state index in [1.54, 1.807) is 19.2 Å². The fraction of sp³-hybridized carbons (Fsp3) is 0.235. The fourth-order valence-electron chi connectivity index (χ4n) is 2.95. The van der Waals surface area contributed by atoms with Gasteiger partial charge in [-0.05, 0) is 18.6 Å². The smallest absolute Gasteiger partial charge is 0.333 e. The van der Waals surface area contributed by atoms with E-state index in [2.05, 4.69) is 15.4 Å². The van der Waals surface area contributed by atoms with Gasteiger partial charge < -0.3 is 10.1 Å². The molecule has 0 radical (unpaired) electrons. The van der Waals surface area contributed by atoms with Crippen molar-refractivity contribution in [1.29, 1.82) is 0 Å². The number of fused-ring (bicyclic) bond motifs is 2. The lowest BCUT2D eigenvalue weighted by Gasteiger charge is -2.16. The van der Waals surface area contributed by atoms with Gasteiger partial charge in [0.25, 0.3) is 10.0 Å². The maximum absolute atomic E-state index is 12.6. The van der Waals surface area contributed by atoms with E-state index in [0.29, 0.717) is 24.4 Å². The molecule has 0 saturated carbocycles.